The molecule has 2 rings (SSSR count). The van der Waals surface area contributed by atoms with Crippen LogP contribution in [0.3, 0.4) is 0 Å². The second-order valence-electron chi connectivity index (χ2n) is 5.87. The molecule has 0 unspecified atom stereocenters. The number of anilines is 1. The third kappa shape index (κ3) is 6.66. The standard InChI is InChI=1S/C21H25NO5/c1-3-13-27-21(24)16-8-6-9-17(15-16)22-20(23)12-7-14-26-19-11-5-4-10-18(19)25-2/h4-6,8-11,15H,3,7,12-14H2,1-2H3,(H,22,23). The second kappa shape index (κ2) is 10.9. The highest BCUT2D eigenvalue weighted by Crippen LogP contribution is 2.25. The summed E-state index contributed by atoms with van der Waals surface area (Å²) in [5, 5.41) is 2.79. The molecule has 0 aromatic heterocycles. The monoisotopic (exact) mass is 371 g/mol. The molecule has 0 saturated heterocycles. The quantitative estimate of drug-likeness (QED) is 0.504. The van der Waals surface area contributed by atoms with Gasteiger partial charge in [0.1, 0.15) is 0 Å². The van der Waals surface area contributed by atoms with Gasteiger partial charge in [0.2, 0.25) is 5.91 Å². The molecule has 0 aliphatic carbocycles. The van der Waals surface area contributed by atoms with E-state index in [9.17, 15) is 9.59 Å². The van der Waals surface area contributed by atoms with Crippen LogP contribution in [0.1, 0.15) is 36.5 Å². The van der Waals surface area contributed by atoms with E-state index in [2.05, 4.69) is 5.32 Å². The van der Waals surface area contributed by atoms with E-state index in [0.717, 1.165) is 6.42 Å². The van der Waals surface area contributed by atoms with E-state index in [4.69, 9.17) is 14.2 Å². The van der Waals surface area contributed by atoms with E-state index < -0.39 is 5.97 Å². The first-order chi connectivity index (χ1) is 13.1. The van der Waals surface area contributed by atoms with Gasteiger partial charge in [-0.15, -0.1) is 0 Å². The fraction of sp³-hybridized carbons (Fsp3) is 0.333. The maximum Gasteiger partial charge on any atom is 0.338 e. The molecule has 0 aliphatic heterocycles. The molecule has 0 spiro atoms. The van der Waals surface area contributed by atoms with E-state index >= 15 is 0 Å². The lowest BCUT2D eigenvalue weighted by Crippen LogP contribution is -2.13. The van der Waals surface area contributed by atoms with E-state index in [1.165, 1.54) is 0 Å². The topological polar surface area (TPSA) is 73.9 Å². The van der Waals surface area contributed by atoms with Crippen molar-refractivity contribution in [1.29, 1.82) is 0 Å². The summed E-state index contributed by atoms with van der Waals surface area (Å²) in [5.41, 5.74) is 0.984. The van der Waals surface area contributed by atoms with Crippen LogP contribution in [-0.2, 0) is 9.53 Å². The largest absolute Gasteiger partial charge is 0.493 e. The van der Waals surface area contributed by atoms with E-state index in [1.807, 2.05) is 31.2 Å². The Morgan fingerprint density at radius 2 is 1.78 bits per heavy atom. The molecular formula is C21H25NO5. The van der Waals surface area contributed by atoms with Gasteiger partial charge in [-0.3, -0.25) is 4.79 Å². The van der Waals surface area contributed by atoms with Crippen LogP contribution in [0, 0.1) is 0 Å². The molecule has 0 radical (unpaired) electrons. The molecule has 144 valence electrons. The summed E-state index contributed by atoms with van der Waals surface area (Å²) in [6.07, 6.45) is 1.63. The Morgan fingerprint density at radius 3 is 2.52 bits per heavy atom. The van der Waals surface area contributed by atoms with Crippen molar-refractivity contribution in [3.05, 3.63) is 54.1 Å². The Morgan fingerprint density at radius 1 is 1.00 bits per heavy atom. The molecule has 0 aliphatic rings. The highest BCUT2D eigenvalue weighted by Gasteiger charge is 2.09. The molecule has 2 aromatic carbocycles. The van der Waals surface area contributed by atoms with Crippen LogP contribution >= 0.6 is 0 Å². The summed E-state index contributed by atoms with van der Waals surface area (Å²) in [4.78, 5) is 24.0. The zero-order valence-corrected chi connectivity index (χ0v) is 15.7. The number of para-hydroxylation sites is 2. The van der Waals surface area contributed by atoms with Gasteiger partial charge >= 0.3 is 5.97 Å². The van der Waals surface area contributed by atoms with Gasteiger partial charge in [-0.1, -0.05) is 25.1 Å². The SMILES string of the molecule is CCCOC(=O)c1cccc(NC(=O)CCCOc2ccccc2OC)c1. The third-order valence-corrected chi connectivity index (χ3v) is 3.69. The molecule has 0 bridgehead atoms. The first-order valence-corrected chi connectivity index (χ1v) is 8.97. The van der Waals surface area contributed by atoms with Gasteiger partial charge in [0.15, 0.2) is 11.5 Å². The minimum Gasteiger partial charge on any atom is -0.493 e. The van der Waals surface area contributed by atoms with Crippen molar-refractivity contribution >= 4 is 17.6 Å². The maximum absolute atomic E-state index is 12.1. The highest BCUT2D eigenvalue weighted by molar-refractivity contribution is 5.94. The molecule has 2 aromatic rings. The summed E-state index contributed by atoms with van der Waals surface area (Å²) in [6.45, 7) is 2.71. The number of nitrogens with one attached hydrogen (secondary N) is 1. The number of amides is 1. The van der Waals surface area contributed by atoms with Crippen LogP contribution in [0.2, 0.25) is 0 Å². The summed E-state index contributed by atoms with van der Waals surface area (Å²) >= 11 is 0. The van der Waals surface area contributed by atoms with E-state index in [1.54, 1.807) is 31.4 Å². The minimum absolute atomic E-state index is 0.141. The highest BCUT2D eigenvalue weighted by atomic mass is 16.5. The fourth-order valence-corrected chi connectivity index (χ4v) is 2.38. The Labute approximate surface area is 159 Å². The Balaban J connectivity index is 1.78. The second-order valence-corrected chi connectivity index (χ2v) is 5.87. The van der Waals surface area contributed by atoms with Gasteiger partial charge < -0.3 is 19.5 Å². The van der Waals surface area contributed by atoms with Crippen molar-refractivity contribution < 1.29 is 23.8 Å². The van der Waals surface area contributed by atoms with Gasteiger partial charge in [0.25, 0.3) is 0 Å². The summed E-state index contributed by atoms with van der Waals surface area (Å²) in [5.74, 6) is 0.781. The maximum atomic E-state index is 12.1. The van der Waals surface area contributed by atoms with Crippen molar-refractivity contribution in [2.24, 2.45) is 0 Å². The molecule has 0 fully saturated rings. The fourth-order valence-electron chi connectivity index (χ4n) is 2.38. The number of esters is 1. The lowest BCUT2D eigenvalue weighted by molar-refractivity contribution is -0.116. The normalized spacial score (nSPS) is 10.1. The molecule has 1 N–H and O–H groups in total. The lowest BCUT2D eigenvalue weighted by Gasteiger charge is -2.10. The molecule has 0 atom stereocenters. The van der Waals surface area contributed by atoms with E-state index in [0.29, 0.717) is 48.8 Å². The Bertz CT molecular complexity index is 760. The van der Waals surface area contributed by atoms with Crippen molar-refractivity contribution in [3.8, 4) is 11.5 Å². The van der Waals surface area contributed by atoms with Gasteiger partial charge in [-0.05, 0) is 43.2 Å². The predicted molar refractivity (Wildman–Crippen MR) is 103 cm³/mol. The van der Waals surface area contributed by atoms with Gasteiger partial charge in [0, 0.05) is 12.1 Å². The van der Waals surface area contributed by atoms with Crippen LogP contribution < -0.4 is 14.8 Å². The number of rotatable bonds is 10. The Kier molecular flexibility index (Phi) is 8.16. The first-order valence-electron chi connectivity index (χ1n) is 8.97. The molecule has 6 heteroatoms. The van der Waals surface area contributed by atoms with Crippen LogP contribution in [0.4, 0.5) is 5.69 Å². The number of carbonyl (C=O) groups excluding carboxylic acids is 2. The Hall–Kier alpha value is -3.02. The summed E-state index contributed by atoms with van der Waals surface area (Å²) < 4.78 is 16.0. The average Bonchev–Trinajstić information content (AvgIpc) is 2.69. The number of carbonyl (C=O) groups is 2. The summed E-state index contributed by atoms with van der Waals surface area (Å²) in [6, 6.07) is 14.1. The van der Waals surface area contributed by atoms with Crippen LogP contribution in [0.15, 0.2) is 48.5 Å². The number of benzene rings is 2. The molecule has 27 heavy (non-hydrogen) atoms. The van der Waals surface area contributed by atoms with Crippen LogP contribution in [-0.4, -0.2) is 32.2 Å². The molecule has 0 heterocycles. The van der Waals surface area contributed by atoms with Crippen molar-refractivity contribution in [2.75, 3.05) is 25.6 Å². The minimum atomic E-state index is -0.391. The number of methoxy groups -OCH3 is 1. The first kappa shape index (κ1) is 20.3. The predicted octanol–water partition coefficient (Wildman–Crippen LogP) is 4.06. The zero-order valence-electron chi connectivity index (χ0n) is 15.7. The van der Waals surface area contributed by atoms with Gasteiger partial charge in [0.05, 0.1) is 25.9 Å². The third-order valence-electron chi connectivity index (χ3n) is 3.69. The van der Waals surface area contributed by atoms with E-state index in [-0.39, 0.29) is 5.91 Å². The van der Waals surface area contributed by atoms with Gasteiger partial charge in [-0.2, -0.15) is 0 Å². The van der Waals surface area contributed by atoms with Crippen molar-refractivity contribution in [1.82, 2.24) is 0 Å². The van der Waals surface area contributed by atoms with Crippen molar-refractivity contribution in [3.63, 3.8) is 0 Å². The lowest BCUT2D eigenvalue weighted by atomic mass is 10.2. The smallest absolute Gasteiger partial charge is 0.338 e. The van der Waals surface area contributed by atoms with Crippen LogP contribution in [0.5, 0.6) is 11.5 Å². The van der Waals surface area contributed by atoms with Gasteiger partial charge in [-0.25, -0.2) is 4.79 Å². The molecule has 6 nitrogen and oxygen atoms in total. The summed E-state index contributed by atoms with van der Waals surface area (Å²) in [7, 11) is 1.59. The average molecular weight is 371 g/mol. The number of hydrogen-bond donors (Lipinski definition) is 1. The number of hydrogen-bond acceptors (Lipinski definition) is 5. The van der Waals surface area contributed by atoms with Crippen LogP contribution in [0.25, 0.3) is 0 Å². The zero-order chi connectivity index (χ0) is 19.5. The molecule has 0 saturated carbocycles. The molecular weight excluding hydrogens is 346 g/mol. The number of ether oxygens (including phenoxy) is 3. The van der Waals surface area contributed by atoms with Crippen molar-refractivity contribution in [2.45, 2.75) is 26.2 Å². The molecule has 1 amide bonds.